The van der Waals surface area contributed by atoms with Crippen LogP contribution < -0.4 is 10.6 Å². The Labute approximate surface area is 204 Å². The van der Waals surface area contributed by atoms with Gasteiger partial charge in [0.25, 0.3) is 0 Å². The van der Waals surface area contributed by atoms with E-state index in [1.54, 1.807) is 23.5 Å². The van der Waals surface area contributed by atoms with Crippen molar-refractivity contribution in [2.75, 3.05) is 26.2 Å². The number of hydrogen-bond acceptors (Lipinski definition) is 3. The molecule has 0 radical (unpaired) electrons. The zero-order valence-electron chi connectivity index (χ0n) is 17.9. The number of H-pyrrole nitrogens is 1. The Balaban J connectivity index is 0.00000272. The number of rotatable bonds is 7. The first-order valence-corrected chi connectivity index (χ1v) is 11.7. The Morgan fingerprint density at radius 1 is 1.29 bits per heavy atom. The number of halogens is 2. The van der Waals surface area contributed by atoms with Gasteiger partial charge in [-0.1, -0.05) is 0 Å². The number of nitrogens with zero attached hydrogens (tertiary/aromatic N) is 2. The maximum Gasteiger partial charge on any atom is 0.191 e. The topological polar surface area (TPSA) is 55.5 Å². The Morgan fingerprint density at radius 3 is 2.87 bits per heavy atom. The van der Waals surface area contributed by atoms with E-state index in [1.165, 1.54) is 11.6 Å². The van der Waals surface area contributed by atoms with Gasteiger partial charge in [0.1, 0.15) is 5.82 Å². The molecule has 2 aromatic heterocycles. The maximum atomic E-state index is 13.6. The minimum Gasteiger partial charge on any atom is -0.361 e. The van der Waals surface area contributed by atoms with E-state index in [4.69, 9.17) is 4.99 Å². The second-order valence-electron chi connectivity index (χ2n) is 7.84. The molecule has 0 amide bonds. The number of likely N-dealkylation sites (tertiary alicyclic amines) is 1. The summed E-state index contributed by atoms with van der Waals surface area (Å²) >= 11 is 1.77. The molecule has 1 aliphatic rings. The fraction of sp³-hybridized carbons (Fsp3) is 0.435. The molecule has 0 saturated carbocycles. The van der Waals surface area contributed by atoms with E-state index in [0.717, 1.165) is 67.9 Å². The monoisotopic (exact) mass is 555 g/mol. The smallest absolute Gasteiger partial charge is 0.191 e. The van der Waals surface area contributed by atoms with Gasteiger partial charge in [0, 0.05) is 55.9 Å². The second kappa shape index (κ2) is 11.8. The highest BCUT2D eigenvalue weighted by atomic mass is 127. The predicted molar refractivity (Wildman–Crippen MR) is 139 cm³/mol. The van der Waals surface area contributed by atoms with Crippen molar-refractivity contribution in [1.29, 1.82) is 0 Å². The van der Waals surface area contributed by atoms with Gasteiger partial charge in [-0.15, -0.1) is 24.0 Å². The van der Waals surface area contributed by atoms with Gasteiger partial charge in [0.15, 0.2) is 5.96 Å². The number of hydrogen-bond donors (Lipinski definition) is 3. The quantitative estimate of drug-likeness (QED) is 0.224. The number of guanidine groups is 1. The molecule has 3 heterocycles. The van der Waals surface area contributed by atoms with Crippen LogP contribution in [0.4, 0.5) is 4.39 Å². The van der Waals surface area contributed by atoms with Gasteiger partial charge in [-0.25, -0.2) is 4.39 Å². The average Bonchev–Trinajstić information content (AvgIpc) is 3.39. The van der Waals surface area contributed by atoms with E-state index in [1.807, 2.05) is 6.20 Å². The molecule has 0 unspecified atom stereocenters. The maximum absolute atomic E-state index is 13.6. The lowest BCUT2D eigenvalue weighted by atomic mass is 10.0. The summed E-state index contributed by atoms with van der Waals surface area (Å²) in [6.45, 7) is 6.84. The Bertz CT molecular complexity index is 964. The van der Waals surface area contributed by atoms with Gasteiger partial charge in [-0.05, 0) is 72.3 Å². The molecule has 31 heavy (non-hydrogen) atoms. The van der Waals surface area contributed by atoms with Crippen molar-refractivity contribution in [2.24, 2.45) is 4.99 Å². The van der Waals surface area contributed by atoms with E-state index >= 15 is 0 Å². The molecule has 0 atom stereocenters. The summed E-state index contributed by atoms with van der Waals surface area (Å²) in [5.74, 6) is 0.673. The van der Waals surface area contributed by atoms with Gasteiger partial charge in [0.2, 0.25) is 0 Å². The van der Waals surface area contributed by atoms with Crippen LogP contribution >= 0.6 is 35.3 Å². The van der Waals surface area contributed by atoms with Crippen molar-refractivity contribution in [3.63, 3.8) is 0 Å². The Morgan fingerprint density at radius 2 is 2.13 bits per heavy atom. The Hall–Kier alpha value is -1.65. The van der Waals surface area contributed by atoms with Crippen molar-refractivity contribution in [1.82, 2.24) is 20.5 Å². The van der Waals surface area contributed by atoms with Crippen LogP contribution in [-0.2, 0) is 13.0 Å². The van der Waals surface area contributed by atoms with Crippen LogP contribution in [0.15, 0.2) is 46.2 Å². The SMILES string of the molecule is CCNC(=NCCc1c[nH]c2ccc(F)cc12)NC1CCN(Cc2ccsc2)CC1.I. The van der Waals surface area contributed by atoms with E-state index in [2.05, 4.69) is 44.3 Å². The molecule has 8 heteroatoms. The second-order valence-corrected chi connectivity index (χ2v) is 8.62. The number of nitrogens with one attached hydrogen (secondary N) is 3. The highest BCUT2D eigenvalue weighted by molar-refractivity contribution is 14.0. The number of benzene rings is 1. The van der Waals surface area contributed by atoms with E-state index < -0.39 is 0 Å². The van der Waals surface area contributed by atoms with Gasteiger partial charge in [-0.3, -0.25) is 9.89 Å². The summed E-state index contributed by atoms with van der Waals surface area (Å²) in [4.78, 5) is 10.5. The number of aromatic amines is 1. The van der Waals surface area contributed by atoms with E-state index in [0.29, 0.717) is 12.6 Å². The van der Waals surface area contributed by atoms with Crippen LogP contribution in [0.3, 0.4) is 0 Å². The minimum absolute atomic E-state index is 0. The van der Waals surface area contributed by atoms with Crippen LogP contribution in [0, 0.1) is 5.82 Å². The molecule has 0 spiro atoms. The van der Waals surface area contributed by atoms with Gasteiger partial charge < -0.3 is 15.6 Å². The standard InChI is InChI=1S/C23H30FN5S.HI/c1-2-25-23(26-9-5-18-14-27-22-4-3-19(24)13-21(18)22)28-20-6-10-29(11-7-20)15-17-8-12-30-16-17;/h3-4,8,12-14,16,20,27H,2,5-7,9-11,15H2,1H3,(H2,25,26,28);1H. The molecule has 168 valence electrons. The molecular weight excluding hydrogens is 524 g/mol. The third-order valence-electron chi connectivity index (χ3n) is 5.64. The molecule has 4 rings (SSSR count). The van der Waals surface area contributed by atoms with E-state index in [-0.39, 0.29) is 29.8 Å². The van der Waals surface area contributed by atoms with Crippen LogP contribution in [0.1, 0.15) is 30.9 Å². The van der Waals surface area contributed by atoms with E-state index in [9.17, 15) is 4.39 Å². The number of aliphatic imine (C=N–C) groups is 1. The summed E-state index contributed by atoms with van der Waals surface area (Å²) < 4.78 is 13.6. The lowest BCUT2D eigenvalue weighted by molar-refractivity contribution is 0.198. The molecule has 3 N–H and O–H groups in total. The van der Waals surface area contributed by atoms with Crippen LogP contribution in [0.2, 0.25) is 0 Å². The lowest BCUT2D eigenvalue weighted by Crippen LogP contribution is -2.48. The summed E-state index contributed by atoms with van der Waals surface area (Å²) in [5, 5.41) is 12.3. The largest absolute Gasteiger partial charge is 0.361 e. The molecule has 1 aliphatic heterocycles. The van der Waals surface area contributed by atoms with Crippen molar-refractivity contribution in [3.05, 3.63) is 58.2 Å². The van der Waals surface area contributed by atoms with Crippen LogP contribution in [-0.4, -0.2) is 48.1 Å². The van der Waals surface area contributed by atoms with Gasteiger partial charge in [0.05, 0.1) is 0 Å². The number of aromatic nitrogens is 1. The highest BCUT2D eigenvalue weighted by Gasteiger charge is 2.20. The molecule has 1 saturated heterocycles. The molecule has 0 bridgehead atoms. The zero-order chi connectivity index (χ0) is 20.8. The lowest BCUT2D eigenvalue weighted by Gasteiger charge is -2.33. The third-order valence-corrected chi connectivity index (χ3v) is 6.37. The average molecular weight is 556 g/mol. The summed E-state index contributed by atoms with van der Waals surface area (Å²) in [6, 6.07) is 7.53. The number of fused-ring (bicyclic) bond motifs is 1. The molecule has 5 nitrogen and oxygen atoms in total. The van der Waals surface area contributed by atoms with Crippen molar-refractivity contribution in [3.8, 4) is 0 Å². The molecule has 1 aromatic carbocycles. The minimum atomic E-state index is -0.202. The normalized spacial score (nSPS) is 15.7. The first-order valence-electron chi connectivity index (χ1n) is 10.7. The van der Waals surface area contributed by atoms with Crippen LogP contribution in [0.5, 0.6) is 0 Å². The zero-order valence-corrected chi connectivity index (χ0v) is 21.0. The fourth-order valence-electron chi connectivity index (χ4n) is 4.04. The summed E-state index contributed by atoms with van der Waals surface area (Å²) in [7, 11) is 0. The molecule has 0 aliphatic carbocycles. The Kier molecular flexibility index (Phi) is 9.15. The number of piperidine rings is 1. The summed E-state index contributed by atoms with van der Waals surface area (Å²) in [6.07, 6.45) is 4.98. The first kappa shape index (κ1) is 24.0. The van der Waals surface area contributed by atoms with Crippen LogP contribution in [0.25, 0.3) is 10.9 Å². The fourth-order valence-corrected chi connectivity index (χ4v) is 4.70. The third kappa shape index (κ3) is 6.66. The van der Waals surface area contributed by atoms with Crippen molar-refractivity contribution >= 4 is 52.2 Å². The summed E-state index contributed by atoms with van der Waals surface area (Å²) in [5.41, 5.74) is 3.49. The van der Waals surface area contributed by atoms with Crippen molar-refractivity contribution < 1.29 is 4.39 Å². The molecular formula is C23H31FIN5S. The predicted octanol–water partition coefficient (Wildman–Crippen LogP) is 4.75. The van der Waals surface area contributed by atoms with Crippen molar-refractivity contribution in [2.45, 2.75) is 38.8 Å². The van der Waals surface area contributed by atoms with Gasteiger partial charge in [-0.2, -0.15) is 11.3 Å². The molecule has 1 fully saturated rings. The van der Waals surface area contributed by atoms with Gasteiger partial charge >= 0.3 is 0 Å². The highest BCUT2D eigenvalue weighted by Crippen LogP contribution is 2.20. The first-order chi connectivity index (χ1) is 14.7. The molecule has 3 aromatic rings. The number of thiophene rings is 1.